The summed E-state index contributed by atoms with van der Waals surface area (Å²) in [6.45, 7) is 8.69. The van der Waals surface area contributed by atoms with E-state index in [1.54, 1.807) is 11.3 Å². The minimum Gasteiger partial charge on any atom is -0.359 e. The highest BCUT2D eigenvalue weighted by atomic mass is 32.2. The van der Waals surface area contributed by atoms with Gasteiger partial charge in [0.05, 0.1) is 0 Å². The molecule has 3 nitrogen and oxygen atoms in total. The number of thiazole rings is 1. The smallest absolute Gasteiger partial charge is 0.157 e. The average Bonchev–Trinajstić information content (AvgIpc) is 2.96. The second-order valence-electron chi connectivity index (χ2n) is 4.82. The van der Waals surface area contributed by atoms with Gasteiger partial charge in [0.25, 0.3) is 0 Å². The van der Waals surface area contributed by atoms with Crippen LogP contribution in [0.15, 0.2) is 11.2 Å². The lowest BCUT2D eigenvalue weighted by molar-refractivity contribution is 0.407. The minimum absolute atomic E-state index is 0.156. The van der Waals surface area contributed by atoms with Crippen molar-refractivity contribution in [1.82, 2.24) is 10.3 Å². The second-order valence-corrected chi connectivity index (χ2v) is 7.05. The van der Waals surface area contributed by atoms with Crippen LogP contribution >= 0.6 is 23.1 Å². The van der Waals surface area contributed by atoms with Crippen LogP contribution in [-0.4, -0.2) is 21.4 Å². The lowest BCUT2D eigenvalue weighted by atomic mass is 9.96. The Morgan fingerprint density at radius 3 is 2.72 bits per heavy atom. The molecule has 18 heavy (non-hydrogen) atoms. The fourth-order valence-electron chi connectivity index (χ4n) is 2.00. The topological polar surface area (TPSA) is 37.3 Å². The summed E-state index contributed by atoms with van der Waals surface area (Å²) in [6, 6.07) is 0.156. The highest BCUT2D eigenvalue weighted by Crippen LogP contribution is 2.31. The highest BCUT2D eigenvalue weighted by Gasteiger charge is 2.34. The predicted molar refractivity (Wildman–Crippen MR) is 81.6 cm³/mol. The van der Waals surface area contributed by atoms with Gasteiger partial charge in [-0.2, -0.15) is 0 Å². The summed E-state index contributed by atoms with van der Waals surface area (Å²) < 4.78 is 0. The van der Waals surface area contributed by atoms with Crippen molar-refractivity contribution in [2.24, 2.45) is 4.99 Å². The Bertz CT molecular complexity index is 435. The molecule has 2 heterocycles. The van der Waals surface area contributed by atoms with Gasteiger partial charge in [-0.15, -0.1) is 11.3 Å². The van der Waals surface area contributed by atoms with E-state index in [1.807, 2.05) is 18.0 Å². The molecular formula is C13H21N3S2. The van der Waals surface area contributed by atoms with E-state index in [-0.39, 0.29) is 11.6 Å². The van der Waals surface area contributed by atoms with Gasteiger partial charge in [0.2, 0.25) is 0 Å². The Hall–Kier alpha value is -0.550. The van der Waals surface area contributed by atoms with Crippen molar-refractivity contribution >= 4 is 28.3 Å². The number of aryl methyl sites for hydroxylation is 1. The standard InChI is InChI=1S/C13H21N3S2/c1-5-13(6-2)8-17-12(16-13)15-10(4)11-14-7-9(3)18-11/h7,10H,5-6,8H2,1-4H3,(H,15,16). The van der Waals surface area contributed by atoms with Gasteiger partial charge < -0.3 is 5.32 Å². The van der Waals surface area contributed by atoms with Gasteiger partial charge in [0.15, 0.2) is 5.17 Å². The Morgan fingerprint density at radius 1 is 1.50 bits per heavy atom. The molecular weight excluding hydrogens is 262 g/mol. The molecule has 1 aromatic rings. The molecule has 1 atom stereocenters. The predicted octanol–water partition coefficient (Wildman–Crippen LogP) is 3.76. The van der Waals surface area contributed by atoms with Gasteiger partial charge in [-0.3, -0.25) is 4.99 Å². The molecule has 100 valence electrons. The van der Waals surface area contributed by atoms with E-state index in [1.165, 1.54) is 4.88 Å². The van der Waals surface area contributed by atoms with Gasteiger partial charge in [-0.05, 0) is 26.7 Å². The number of hydrogen-bond donors (Lipinski definition) is 1. The van der Waals surface area contributed by atoms with Crippen LogP contribution in [0.4, 0.5) is 0 Å². The van der Waals surface area contributed by atoms with Crippen LogP contribution in [0.25, 0.3) is 0 Å². The zero-order valence-electron chi connectivity index (χ0n) is 11.5. The fourth-order valence-corrected chi connectivity index (χ4v) is 4.18. The summed E-state index contributed by atoms with van der Waals surface area (Å²) in [4.78, 5) is 10.4. The first kappa shape index (κ1) is 13.9. The number of aromatic nitrogens is 1. The Labute approximate surface area is 118 Å². The van der Waals surface area contributed by atoms with Crippen LogP contribution in [0, 0.1) is 6.92 Å². The van der Waals surface area contributed by atoms with E-state index in [2.05, 4.69) is 38.0 Å². The van der Waals surface area contributed by atoms with E-state index in [4.69, 9.17) is 4.99 Å². The van der Waals surface area contributed by atoms with E-state index >= 15 is 0 Å². The number of nitrogens with zero attached hydrogens (tertiary/aromatic N) is 2. The molecule has 1 unspecified atom stereocenters. The third kappa shape index (κ3) is 2.88. The summed E-state index contributed by atoms with van der Waals surface area (Å²) in [5.41, 5.74) is 0.252. The first-order valence-electron chi connectivity index (χ1n) is 6.49. The zero-order valence-corrected chi connectivity index (χ0v) is 13.1. The molecule has 1 aliphatic rings. The maximum absolute atomic E-state index is 4.77. The quantitative estimate of drug-likeness (QED) is 0.914. The molecule has 5 heteroatoms. The summed E-state index contributed by atoms with van der Waals surface area (Å²) >= 11 is 3.58. The van der Waals surface area contributed by atoms with Crippen molar-refractivity contribution in [3.05, 3.63) is 16.1 Å². The number of thioether (sulfide) groups is 1. The molecule has 2 rings (SSSR count). The van der Waals surface area contributed by atoms with Crippen LogP contribution in [0.3, 0.4) is 0 Å². The minimum atomic E-state index is 0.156. The van der Waals surface area contributed by atoms with Crippen LogP contribution in [-0.2, 0) is 0 Å². The molecule has 0 saturated carbocycles. The fraction of sp³-hybridized carbons (Fsp3) is 0.692. The molecule has 1 aliphatic heterocycles. The first-order valence-corrected chi connectivity index (χ1v) is 8.30. The molecule has 1 aromatic heterocycles. The lowest BCUT2D eigenvalue weighted by Gasteiger charge is -2.25. The number of nitrogens with one attached hydrogen (secondary N) is 1. The molecule has 1 saturated heterocycles. The van der Waals surface area contributed by atoms with Crippen molar-refractivity contribution < 1.29 is 0 Å². The van der Waals surface area contributed by atoms with Crippen molar-refractivity contribution in [2.45, 2.75) is 52.1 Å². The van der Waals surface area contributed by atoms with Crippen LogP contribution in [0.2, 0.25) is 0 Å². The SMILES string of the molecule is CCC1(CC)CSC(=NC(C)c2ncc(C)s2)N1. The molecule has 0 radical (unpaired) electrons. The molecule has 1 N–H and O–H groups in total. The molecule has 0 bridgehead atoms. The third-order valence-corrected chi connectivity index (χ3v) is 5.78. The van der Waals surface area contributed by atoms with E-state index in [0.29, 0.717) is 0 Å². The van der Waals surface area contributed by atoms with Crippen molar-refractivity contribution in [2.75, 3.05) is 5.75 Å². The normalized spacial score (nSPS) is 22.1. The van der Waals surface area contributed by atoms with Crippen molar-refractivity contribution in [3.8, 4) is 0 Å². The number of amidine groups is 1. The number of hydrogen-bond acceptors (Lipinski definition) is 4. The van der Waals surface area contributed by atoms with Gasteiger partial charge in [-0.25, -0.2) is 4.98 Å². The molecule has 0 aliphatic carbocycles. The zero-order chi connectivity index (χ0) is 13.2. The van der Waals surface area contributed by atoms with Gasteiger partial charge in [-0.1, -0.05) is 25.6 Å². The third-order valence-electron chi connectivity index (χ3n) is 3.52. The van der Waals surface area contributed by atoms with Crippen molar-refractivity contribution in [3.63, 3.8) is 0 Å². The van der Waals surface area contributed by atoms with Crippen LogP contribution in [0.5, 0.6) is 0 Å². The van der Waals surface area contributed by atoms with Gasteiger partial charge in [0, 0.05) is 22.4 Å². The molecule has 0 spiro atoms. The molecule has 1 fully saturated rings. The summed E-state index contributed by atoms with van der Waals surface area (Å²) in [5, 5.41) is 5.79. The van der Waals surface area contributed by atoms with Gasteiger partial charge >= 0.3 is 0 Å². The monoisotopic (exact) mass is 283 g/mol. The Kier molecular flexibility index (Phi) is 4.33. The lowest BCUT2D eigenvalue weighted by Crippen LogP contribution is -2.42. The number of aliphatic imine (C=N–C) groups is 1. The molecule has 0 aromatic carbocycles. The van der Waals surface area contributed by atoms with Crippen LogP contribution < -0.4 is 5.32 Å². The Balaban J connectivity index is 2.07. The van der Waals surface area contributed by atoms with Gasteiger partial charge in [0.1, 0.15) is 11.0 Å². The average molecular weight is 283 g/mol. The highest BCUT2D eigenvalue weighted by molar-refractivity contribution is 8.14. The van der Waals surface area contributed by atoms with Crippen molar-refractivity contribution in [1.29, 1.82) is 0 Å². The first-order chi connectivity index (χ1) is 8.58. The second kappa shape index (κ2) is 5.61. The summed E-state index contributed by atoms with van der Waals surface area (Å²) in [5.74, 6) is 1.13. The number of rotatable bonds is 4. The Morgan fingerprint density at radius 2 is 2.22 bits per heavy atom. The van der Waals surface area contributed by atoms with Crippen LogP contribution in [0.1, 0.15) is 49.5 Å². The maximum Gasteiger partial charge on any atom is 0.157 e. The van der Waals surface area contributed by atoms with E-state index in [0.717, 1.165) is 28.8 Å². The molecule has 0 amide bonds. The van der Waals surface area contributed by atoms with E-state index < -0.39 is 0 Å². The maximum atomic E-state index is 4.77. The van der Waals surface area contributed by atoms with E-state index in [9.17, 15) is 0 Å². The summed E-state index contributed by atoms with van der Waals surface area (Å²) in [7, 11) is 0. The summed E-state index contributed by atoms with van der Waals surface area (Å²) in [6.07, 6.45) is 4.23. The largest absolute Gasteiger partial charge is 0.359 e.